The highest BCUT2D eigenvalue weighted by Gasteiger charge is 2.30. The largest absolute Gasteiger partial charge is 0.336 e. The number of nitrogen functional groups attached to an aromatic ring is 1. The molecule has 1 saturated carbocycles. The summed E-state index contributed by atoms with van der Waals surface area (Å²) in [6.07, 6.45) is 2.23. The molecule has 21 heavy (non-hydrogen) atoms. The van der Waals surface area contributed by atoms with Crippen molar-refractivity contribution in [2.24, 2.45) is 0 Å². The van der Waals surface area contributed by atoms with Gasteiger partial charge in [0, 0.05) is 11.6 Å². The fourth-order valence-electron chi connectivity index (χ4n) is 1.97. The molecule has 6 nitrogen and oxygen atoms in total. The average molecular weight is 303 g/mol. The monoisotopic (exact) mass is 303 g/mol. The van der Waals surface area contributed by atoms with Crippen LogP contribution in [0.4, 0.5) is 5.69 Å². The highest BCUT2D eigenvalue weighted by Crippen LogP contribution is 2.39. The third-order valence-corrected chi connectivity index (χ3v) is 4.38. The van der Waals surface area contributed by atoms with E-state index in [4.69, 9.17) is 5.84 Å². The molecule has 2 aromatic rings. The second-order valence-corrected chi connectivity index (χ2v) is 6.41. The molecule has 0 unspecified atom stereocenters. The Bertz CT molecular complexity index is 638. The van der Waals surface area contributed by atoms with Gasteiger partial charge >= 0.3 is 0 Å². The summed E-state index contributed by atoms with van der Waals surface area (Å²) in [7, 11) is 0. The number of carbonyl (C=O) groups excluding carboxylic acids is 1. The molecule has 1 aliphatic rings. The van der Waals surface area contributed by atoms with Crippen molar-refractivity contribution in [3.05, 3.63) is 36.2 Å². The zero-order valence-electron chi connectivity index (χ0n) is 11.7. The number of hydrogen-bond acceptors (Lipinski definition) is 5. The van der Waals surface area contributed by atoms with E-state index >= 15 is 0 Å². The van der Waals surface area contributed by atoms with Crippen LogP contribution >= 0.6 is 11.8 Å². The second-order valence-electron chi connectivity index (χ2n) is 5.10. The zero-order valence-corrected chi connectivity index (χ0v) is 12.5. The Kier molecular flexibility index (Phi) is 3.83. The lowest BCUT2D eigenvalue weighted by atomic mass is 10.3. The van der Waals surface area contributed by atoms with Crippen molar-refractivity contribution in [3.63, 3.8) is 0 Å². The van der Waals surface area contributed by atoms with Gasteiger partial charge in [0.25, 0.3) is 0 Å². The summed E-state index contributed by atoms with van der Waals surface area (Å²) in [5.41, 5.74) is 0.780. The van der Waals surface area contributed by atoms with Crippen molar-refractivity contribution >= 4 is 23.4 Å². The Balaban J connectivity index is 1.63. The van der Waals surface area contributed by atoms with Gasteiger partial charge in [-0.3, -0.25) is 4.79 Å². The smallest absolute Gasteiger partial charge is 0.237 e. The maximum absolute atomic E-state index is 12.2. The van der Waals surface area contributed by atoms with E-state index < -0.39 is 0 Å². The van der Waals surface area contributed by atoms with E-state index in [-0.39, 0.29) is 11.2 Å². The summed E-state index contributed by atoms with van der Waals surface area (Å²) in [5, 5.41) is 11.3. The number of amides is 1. The molecule has 1 aromatic carbocycles. The third-order valence-electron chi connectivity index (χ3n) is 3.33. The quantitative estimate of drug-likeness (QED) is 0.651. The van der Waals surface area contributed by atoms with Gasteiger partial charge in [-0.15, -0.1) is 10.2 Å². The molecule has 0 radical (unpaired) electrons. The number of aromatic nitrogens is 3. The number of thioether (sulfide) groups is 1. The maximum atomic E-state index is 12.2. The number of hydrogen-bond donors (Lipinski definition) is 2. The molecule has 1 aromatic heterocycles. The molecule has 1 heterocycles. The normalized spacial score (nSPS) is 15.7. The summed E-state index contributed by atoms with van der Waals surface area (Å²) >= 11 is 1.32. The van der Waals surface area contributed by atoms with Crippen LogP contribution in [0.1, 0.15) is 31.5 Å². The van der Waals surface area contributed by atoms with E-state index in [1.807, 2.05) is 37.3 Å². The molecule has 0 spiro atoms. The van der Waals surface area contributed by atoms with Crippen molar-refractivity contribution in [2.45, 2.75) is 36.1 Å². The van der Waals surface area contributed by atoms with Gasteiger partial charge < -0.3 is 11.2 Å². The average Bonchev–Trinajstić information content (AvgIpc) is 3.26. The number of nitrogens with zero attached hydrogens (tertiary/aromatic N) is 3. The van der Waals surface area contributed by atoms with Crippen molar-refractivity contribution in [3.8, 4) is 0 Å². The Morgan fingerprint density at radius 1 is 1.38 bits per heavy atom. The minimum Gasteiger partial charge on any atom is -0.336 e. The van der Waals surface area contributed by atoms with Crippen LogP contribution in [0.2, 0.25) is 0 Å². The van der Waals surface area contributed by atoms with E-state index in [2.05, 4.69) is 15.5 Å². The number of carbonyl (C=O) groups is 1. The van der Waals surface area contributed by atoms with Crippen molar-refractivity contribution in [1.29, 1.82) is 0 Å². The lowest BCUT2D eigenvalue weighted by molar-refractivity contribution is -0.115. The molecule has 1 amide bonds. The van der Waals surface area contributed by atoms with Crippen LogP contribution in [0.25, 0.3) is 0 Å². The summed E-state index contributed by atoms with van der Waals surface area (Å²) in [5.74, 6) is 7.15. The van der Waals surface area contributed by atoms with Crippen LogP contribution in [0.15, 0.2) is 35.5 Å². The standard InChI is InChI=1S/C14H17N5OS/c1-9(13(20)16-11-5-3-2-4-6-11)21-14-18-17-12(19(14)15)10-7-8-10/h2-6,9-10H,7-8,15H2,1H3,(H,16,20)/t9-/m0/s1. The first-order valence-corrected chi connectivity index (χ1v) is 7.76. The summed E-state index contributed by atoms with van der Waals surface area (Å²) in [4.78, 5) is 12.2. The number of anilines is 1. The number of nitrogens with one attached hydrogen (secondary N) is 1. The molecule has 3 rings (SSSR count). The van der Waals surface area contributed by atoms with Gasteiger partial charge in [0.1, 0.15) is 0 Å². The first kappa shape index (κ1) is 13.9. The van der Waals surface area contributed by atoms with Crippen molar-refractivity contribution in [2.75, 3.05) is 11.2 Å². The Morgan fingerprint density at radius 3 is 2.76 bits per heavy atom. The molecule has 1 fully saturated rings. The van der Waals surface area contributed by atoms with Crippen molar-refractivity contribution < 1.29 is 4.79 Å². The lowest BCUT2D eigenvalue weighted by Gasteiger charge is -2.11. The molecule has 0 aliphatic heterocycles. The van der Waals surface area contributed by atoms with Gasteiger partial charge in [0.2, 0.25) is 11.1 Å². The zero-order chi connectivity index (χ0) is 14.8. The minimum atomic E-state index is -0.302. The highest BCUT2D eigenvalue weighted by atomic mass is 32.2. The van der Waals surface area contributed by atoms with Crippen LogP contribution in [0, 0.1) is 0 Å². The summed E-state index contributed by atoms with van der Waals surface area (Å²) in [6.45, 7) is 1.83. The van der Waals surface area contributed by atoms with Gasteiger partial charge in [-0.2, -0.15) is 0 Å². The molecule has 1 atom stereocenters. The SMILES string of the molecule is C[C@H](Sc1nnc(C2CC2)n1N)C(=O)Nc1ccccc1. The highest BCUT2D eigenvalue weighted by molar-refractivity contribution is 8.00. The predicted octanol–water partition coefficient (Wildman–Crippen LogP) is 1.99. The van der Waals surface area contributed by atoms with Crippen LogP contribution in [-0.2, 0) is 4.79 Å². The van der Waals surface area contributed by atoms with Crippen LogP contribution in [0.3, 0.4) is 0 Å². The summed E-state index contributed by atoms with van der Waals surface area (Å²) < 4.78 is 1.51. The maximum Gasteiger partial charge on any atom is 0.237 e. The third kappa shape index (κ3) is 3.18. The molecule has 1 aliphatic carbocycles. The number of benzene rings is 1. The molecule has 0 bridgehead atoms. The van der Waals surface area contributed by atoms with Crippen molar-refractivity contribution in [1.82, 2.24) is 14.9 Å². The molecular formula is C14H17N5OS. The molecular weight excluding hydrogens is 286 g/mol. The molecule has 3 N–H and O–H groups in total. The molecule has 110 valence electrons. The van der Waals surface area contributed by atoms with E-state index in [0.29, 0.717) is 11.1 Å². The van der Waals surface area contributed by atoms with Gasteiger partial charge in [0.05, 0.1) is 5.25 Å². The predicted molar refractivity (Wildman–Crippen MR) is 82.5 cm³/mol. The van der Waals surface area contributed by atoms with Gasteiger partial charge in [-0.05, 0) is 31.9 Å². The van der Waals surface area contributed by atoms with Gasteiger partial charge in [-0.25, -0.2) is 4.68 Å². The first-order chi connectivity index (χ1) is 10.1. The second kappa shape index (κ2) is 5.77. The first-order valence-electron chi connectivity index (χ1n) is 6.88. The van der Waals surface area contributed by atoms with E-state index in [0.717, 1.165) is 24.4 Å². The van der Waals surface area contributed by atoms with Crippen LogP contribution in [0.5, 0.6) is 0 Å². The number of para-hydroxylation sites is 1. The van der Waals surface area contributed by atoms with Crippen LogP contribution in [-0.4, -0.2) is 26.0 Å². The van der Waals surface area contributed by atoms with Gasteiger partial charge in [-0.1, -0.05) is 30.0 Å². The number of rotatable bonds is 5. The van der Waals surface area contributed by atoms with Gasteiger partial charge in [0.15, 0.2) is 5.82 Å². The Labute approximate surface area is 127 Å². The number of nitrogens with two attached hydrogens (primary N) is 1. The fourth-order valence-corrected chi connectivity index (χ4v) is 2.74. The Hall–Kier alpha value is -2.02. The fraction of sp³-hybridized carbons (Fsp3) is 0.357. The van der Waals surface area contributed by atoms with E-state index in [9.17, 15) is 4.79 Å². The van der Waals surface area contributed by atoms with E-state index in [1.54, 1.807) is 0 Å². The Morgan fingerprint density at radius 2 is 2.10 bits per heavy atom. The molecule has 7 heteroatoms. The van der Waals surface area contributed by atoms with E-state index in [1.165, 1.54) is 16.4 Å². The van der Waals surface area contributed by atoms with Crippen LogP contribution < -0.4 is 11.2 Å². The summed E-state index contributed by atoms with van der Waals surface area (Å²) in [6, 6.07) is 9.37. The topological polar surface area (TPSA) is 85.8 Å². The lowest BCUT2D eigenvalue weighted by Crippen LogP contribution is -2.23. The minimum absolute atomic E-state index is 0.0813. The molecule has 0 saturated heterocycles.